The molecule has 0 atom stereocenters. The van der Waals surface area contributed by atoms with E-state index in [0.717, 1.165) is 17.1 Å². The lowest BCUT2D eigenvalue weighted by molar-refractivity contribution is 1.27. The second-order valence-electron chi connectivity index (χ2n) is 13.9. The van der Waals surface area contributed by atoms with Gasteiger partial charge in [0, 0.05) is 17.1 Å². The Labute approximate surface area is 307 Å². The van der Waals surface area contributed by atoms with Gasteiger partial charge in [-0.1, -0.05) is 175 Å². The van der Waals surface area contributed by atoms with E-state index in [1.165, 1.54) is 64.2 Å². The van der Waals surface area contributed by atoms with E-state index in [1.54, 1.807) is 0 Å². The van der Waals surface area contributed by atoms with Crippen LogP contribution in [0.5, 0.6) is 0 Å². The molecule has 248 valence electrons. The first-order chi connectivity index (χ1) is 25.6. The Morgan fingerprint density at radius 2 is 0.615 bits per heavy atom. The molecule has 0 fully saturated rings. The van der Waals surface area contributed by atoms with Crippen LogP contribution in [0.15, 0.2) is 200 Å². The highest BCUT2D eigenvalue weighted by Crippen LogP contribution is 2.36. The fourth-order valence-electron chi connectivity index (χ4n) is 8.21. The minimum Gasteiger partial charge on any atom is -0.311 e. The summed E-state index contributed by atoms with van der Waals surface area (Å²) in [4.78, 5) is 2.37. The van der Waals surface area contributed by atoms with E-state index in [4.69, 9.17) is 0 Å². The Bertz CT molecular complexity index is 2540. The molecule has 0 aliphatic heterocycles. The molecule has 0 aliphatic carbocycles. The van der Waals surface area contributed by atoms with Crippen molar-refractivity contribution in [1.29, 1.82) is 0 Å². The second-order valence-corrected chi connectivity index (χ2v) is 17.7. The van der Waals surface area contributed by atoms with Gasteiger partial charge in [0.25, 0.3) is 0 Å². The van der Waals surface area contributed by atoms with Crippen LogP contribution in [-0.4, -0.2) is 8.07 Å². The van der Waals surface area contributed by atoms with E-state index in [-0.39, 0.29) is 0 Å². The molecule has 0 unspecified atom stereocenters. The molecule has 9 rings (SSSR count). The van der Waals surface area contributed by atoms with Crippen LogP contribution in [0.25, 0.3) is 32.3 Å². The van der Waals surface area contributed by atoms with Crippen molar-refractivity contribution >= 4 is 78.2 Å². The van der Waals surface area contributed by atoms with Crippen molar-refractivity contribution in [2.75, 3.05) is 4.90 Å². The van der Waals surface area contributed by atoms with Gasteiger partial charge in [0.2, 0.25) is 0 Å². The molecule has 0 radical (unpaired) electrons. The van der Waals surface area contributed by atoms with Crippen molar-refractivity contribution in [2.24, 2.45) is 0 Å². The summed E-state index contributed by atoms with van der Waals surface area (Å²) in [7, 11) is -2.82. The van der Waals surface area contributed by atoms with Crippen molar-refractivity contribution in [1.82, 2.24) is 0 Å². The van der Waals surface area contributed by atoms with Gasteiger partial charge in [0.05, 0.1) is 0 Å². The number of benzene rings is 9. The third kappa shape index (κ3) is 5.31. The third-order valence-corrected chi connectivity index (χ3v) is 15.5. The van der Waals surface area contributed by atoms with E-state index < -0.39 is 8.07 Å². The average molecular weight is 682 g/mol. The van der Waals surface area contributed by atoms with Gasteiger partial charge in [-0.2, -0.15) is 0 Å². The minimum absolute atomic E-state index is 1.14. The SMILES string of the molecule is Cc1ccc(N(c2ccc(C)cc2)c2ccc([Si](c3ccccc3)(c3ccccc3)c3ccc4c5ccccc5c5ccccc5c4c3)cc2)cc1. The quantitative estimate of drug-likeness (QED) is 0.0919. The topological polar surface area (TPSA) is 3.24 Å². The average Bonchev–Trinajstić information content (AvgIpc) is 3.21. The van der Waals surface area contributed by atoms with Gasteiger partial charge in [0.15, 0.2) is 8.07 Å². The van der Waals surface area contributed by atoms with Crippen LogP contribution in [0, 0.1) is 13.8 Å². The van der Waals surface area contributed by atoms with Crippen LogP contribution >= 0.6 is 0 Å². The molecule has 1 nitrogen and oxygen atoms in total. The lowest BCUT2D eigenvalue weighted by atomic mass is 9.94. The molecule has 0 aliphatic rings. The van der Waals surface area contributed by atoms with E-state index in [9.17, 15) is 0 Å². The molecular weight excluding hydrogens is 643 g/mol. The zero-order valence-corrected chi connectivity index (χ0v) is 30.5. The molecule has 0 N–H and O–H groups in total. The summed E-state index contributed by atoms with van der Waals surface area (Å²) in [5.41, 5.74) is 5.92. The van der Waals surface area contributed by atoms with Gasteiger partial charge in [0.1, 0.15) is 0 Å². The molecule has 0 bridgehead atoms. The fourth-order valence-corrected chi connectivity index (χ4v) is 13.0. The highest BCUT2D eigenvalue weighted by molar-refractivity contribution is 7.20. The summed E-state index contributed by atoms with van der Waals surface area (Å²) >= 11 is 0. The Kier molecular flexibility index (Phi) is 8.03. The maximum atomic E-state index is 2.52. The van der Waals surface area contributed by atoms with Crippen LogP contribution in [0.4, 0.5) is 17.1 Å². The lowest BCUT2D eigenvalue weighted by Crippen LogP contribution is -2.74. The van der Waals surface area contributed by atoms with Crippen LogP contribution in [0.2, 0.25) is 0 Å². The smallest absolute Gasteiger partial charge is 0.179 e. The normalized spacial score (nSPS) is 11.7. The van der Waals surface area contributed by atoms with Crippen molar-refractivity contribution in [2.45, 2.75) is 13.8 Å². The zero-order valence-electron chi connectivity index (χ0n) is 29.5. The number of nitrogens with zero attached hydrogens (tertiary/aromatic N) is 1. The predicted octanol–water partition coefficient (Wildman–Crippen LogP) is 10.6. The van der Waals surface area contributed by atoms with Crippen molar-refractivity contribution < 1.29 is 0 Å². The van der Waals surface area contributed by atoms with E-state index >= 15 is 0 Å². The van der Waals surface area contributed by atoms with E-state index in [2.05, 4.69) is 219 Å². The van der Waals surface area contributed by atoms with Gasteiger partial charge >= 0.3 is 0 Å². The summed E-state index contributed by atoms with van der Waals surface area (Å²) in [5.74, 6) is 0. The first-order valence-corrected chi connectivity index (χ1v) is 20.1. The van der Waals surface area contributed by atoms with Crippen molar-refractivity contribution in [3.05, 3.63) is 211 Å². The molecule has 9 aromatic rings. The maximum absolute atomic E-state index is 2.82. The number of hydrogen-bond donors (Lipinski definition) is 0. The first kappa shape index (κ1) is 31.7. The highest BCUT2D eigenvalue weighted by Gasteiger charge is 2.41. The van der Waals surface area contributed by atoms with Crippen LogP contribution in [-0.2, 0) is 0 Å². The maximum Gasteiger partial charge on any atom is 0.179 e. The molecular formula is C50H39NSi. The number of aryl methyl sites for hydroxylation is 2. The minimum atomic E-state index is -2.82. The Hall–Kier alpha value is -6.22. The van der Waals surface area contributed by atoms with Gasteiger partial charge in [-0.05, 0) is 103 Å². The van der Waals surface area contributed by atoms with Gasteiger partial charge in [-0.3, -0.25) is 0 Å². The van der Waals surface area contributed by atoms with Gasteiger partial charge in [-0.15, -0.1) is 0 Å². The zero-order chi connectivity index (χ0) is 35.1. The van der Waals surface area contributed by atoms with Gasteiger partial charge in [-0.25, -0.2) is 0 Å². The monoisotopic (exact) mass is 681 g/mol. The summed E-state index contributed by atoms with van der Waals surface area (Å²) in [6, 6.07) is 74.7. The molecule has 0 saturated carbocycles. The molecule has 52 heavy (non-hydrogen) atoms. The second kappa shape index (κ2) is 13.2. The van der Waals surface area contributed by atoms with Crippen LogP contribution in [0.3, 0.4) is 0 Å². The number of hydrogen-bond acceptors (Lipinski definition) is 1. The molecule has 2 heteroatoms. The number of fused-ring (bicyclic) bond motifs is 6. The fraction of sp³-hybridized carbons (Fsp3) is 0.0400. The van der Waals surface area contributed by atoms with E-state index in [0.29, 0.717) is 0 Å². The van der Waals surface area contributed by atoms with Crippen molar-refractivity contribution in [3.8, 4) is 0 Å². The standard InChI is InChI=1S/C50H39NSi/c1-36-21-25-38(26-22-36)51(39-27-23-37(2)24-28-39)40-29-31-43(32-30-40)52(41-13-5-3-6-14-41,42-15-7-4-8-16-42)44-33-34-49-47-19-10-9-17-45(47)46-18-11-12-20-48(46)50(49)35-44/h3-35H,1-2H3. The van der Waals surface area contributed by atoms with Crippen LogP contribution in [0.1, 0.15) is 11.1 Å². The van der Waals surface area contributed by atoms with Gasteiger partial charge < -0.3 is 4.90 Å². The lowest BCUT2D eigenvalue weighted by Gasteiger charge is -2.35. The molecule has 0 heterocycles. The summed E-state index contributed by atoms with van der Waals surface area (Å²) in [5, 5.41) is 13.3. The molecule has 0 aromatic heterocycles. The highest BCUT2D eigenvalue weighted by atomic mass is 28.3. The van der Waals surface area contributed by atoms with Crippen molar-refractivity contribution in [3.63, 3.8) is 0 Å². The number of anilines is 3. The predicted molar refractivity (Wildman–Crippen MR) is 227 cm³/mol. The molecule has 0 amide bonds. The summed E-state index contributed by atoms with van der Waals surface area (Å²) in [6.07, 6.45) is 0. The molecule has 0 spiro atoms. The Morgan fingerprint density at radius 3 is 1.06 bits per heavy atom. The summed E-state index contributed by atoms with van der Waals surface area (Å²) in [6.45, 7) is 4.29. The Morgan fingerprint density at radius 1 is 0.288 bits per heavy atom. The van der Waals surface area contributed by atoms with E-state index in [1.807, 2.05) is 0 Å². The molecule has 9 aromatic carbocycles. The number of rotatable bonds is 7. The Balaban J connectivity index is 1.31. The molecule has 0 saturated heterocycles. The first-order valence-electron chi connectivity index (χ1n) is 18.1. The van der Waals surface area contributed by atoms with Crippen LogP contribution < -0.4 is 25.6 Å². The largest absolute Gasteiger partial charge is 0.311 e. The summed E-state index contributed by atoms with van der Waals surface area (Å²) < 4.78 is 0. The third-order valence-electron chi connectivity index (χ3n) is 10.7.